The maximum absolute atomic E-state index is 11.3. The van der Waals surface area contributed by atoms with Crippen molar-refractivity contribution in [2.24, 2.45) is 11.8 Å². The number of hydrogen-bond donors (Lipinski definition) is 0. The third kappa shape index (κ3) is 9.23. The van der Waals surface area contributed by atoms with Crippen LogP contribution in [0.4, 0.5) is 0 Å². The molecule has 0 saturated carbocycles. The second-order valence-electron chi connectivity index (χ2n) is 5.15. The molecule has 0 aliphatic rings. The van der Waals surface area contributed by atoms with Crippen molar-refractivity contribution in [2.75, 3.05) is 6.61 Å². The van der Waals surface area contributed by atoms with Gasteiger partial charge in [0.25, 0.3) is 0 Å². The standard InChI is InChI=1S/C16H26O3/c1-6-19-16(18)11-13(4)7-9-15(12(2)3)10-8-14(5)17/h7,9,11-12,15H,6,8,10H2,1-5H3/b9-7+,13-11+. The van der Waals surface area contributed by atoms with Crippen LogP contribution in [0.5, 0.6) is 0 Å². The molecule has 0 fully saturated rings. The summed E-state index contributed by atoms with van der Waals surface area (Å²) < 4.78 is 4.85. The van der Waals surface area contributed by atoms with Gasteiger partial charge in [0.2, 0.25) is 0 Å². The van der Waals surface area contributed by atoms with Crippen molar-refractivity contribution in [2.45, 2.75) is 47.5 Å². The summed E-state index contributed by atoms with van der Waals surface area (Å²) in [5.74, 6) is 0.743. The number of allylic oxidation sites excluding steroid dienone is 3. The Kier molecular flexibility index (Phi) is 8.84. The summed E-state index contributed by atoms with van der Waals surface area (Å²) in [6, 6.07) is 0. The second-order valence-corrected chi connectivity index (χ2v) is 5.15. The minimum Gasteiger partial charge on any atom is -0.463 e. The summed E-state index contributed by atoms with van der Waals surface area (Å²) in [6.07, 6.45) is 6.97. The number of carbonyl (C=O) groups is 2. The second kappa shape index (κ2) is 9.54. The lowest BCUT2D eigenvalue weighted by atomic mass is 9.89. The Morgan fingerprint density at radius 1 is 1.21 bits per heavy atom. The molecule has 1 atom stereocenters. The molecular weight excluding hydrogens is 240 g/mol. The number of rotatable bonds is 8. The average Bonchev–Trinajstić information content (AvgIpc) is 2.28. The molecule has 0 rings (SSSR count). The molecule has 108 valence electrons. The highest BCUT2D eigenvalue weighted by Gasteiger charge is 2.10. The van der Waals surface area contributed by atoms with E-state index in [1.165, 1.54) is 6.08 Å². The predicted octanol–water partition coefficient (Wildman–Crippen LogP) is 3.69. The van der Waals surface area contributed by atoms with E-state index in [1.54, 1.807) is 13.8 Å². The van der Waals surface area contributed by atoms with Gasteiger partial charge in [-0.3, -0.25) is 0 Å². The van der Waals surface area contributed by atoms with Crippen LogP contribution in [0.1, 0.15) is 47.5 Å². The van der Waals surface area contributed by atoms with E-state index in [4.69, 9.17) is 4.74 Å². The van der Waals surface area contributed by atoms with Crippen LogP contribution < -0.4 is 0 Å². The fourth-order valence-corrected chi connectivity index (χ4v) is 1.72. The number of ketones is 1. The van der Waals surface area contributed by atoms with Gasteiger partial charge in [0.1, 0.15) is 5.78 Å². The van der Waals surface area contributed by atoms with Crippen molar-refractivity contribution in [1.29, 1.82) is 0 Å². The van der Waals surface area contributed by atoms with Crippen LogP contribution in [0.15, 0.2) is 23.8 Å². The van der Waals surface area contributed by atoms with Gasteiger partial charge in [-0.25, -0.2) is 4.79 Å². The Hall–Kier alpha value is -1.38. The predicted molar refractivity (Wildman–Crippen MR) is 77.8 cm³/mol. The SMILES string of the molecule is CCOC(=O)/C=C(C)/C=C/C(CCC(C)=O)C(C)C. The fourth-order valence-electron chi connectivity index (χ4n) is 1.72. The molecule has 0 aromatic rings. The summed E-state index contributed by atoms with van der Waals surface area (Å²) in [4.78, 5) is 22.3. The van der Waals surface area contributed by atoms with E-state index < -0.39 is 0 Å². The highest BCUT2D eigenvalue weighted by molar-refractivity contribution is 5.83. The zero-order chi connectivity index (χ0) is 14.8. The summed E-state index contributed by atoms with van der Waals surface area (Å²) >= 11 is 0. The molecule has 3 heteroatoms. The van der Waals surface area contributed by atoms with Crippen LogP contribution in [0.2, 0.25) is 0 Å². The number of ether oxygens (including phenoxy) is 1. The molecule has 0 N–H and O–H groups in total. The van der Waals surface area contributed by atoms with Crippen molar-refractivity contribution in [3.63, 3.8) is 0 Å². The molecule has 0 aromatic heterocycles. The maximum atomic E-state index is 11.3. The van der Waals surface area contributed by atoms with Crippen LogP contribution in [-0.2, 0) is 14.3 Å². The van der Waals surface area contributed by atoms with Gasteiger partial charge in [-0.2, -0.15) is 0 Å². The molecule has 0 amide bonds. The van der Waals surface area contributed by atoms with E-state index in [0.29, 0.717) is 24.9 Å². The zero-order valence-corrected chi connectivity index (χ0v) is 12.7. The summed E-state index contributed by atoms with van der Waals surface area (Å²) in [7, 11) is 0. The summed E-state index contributed by atoms with van der Waals surface area (Å²) in [6.45, 7) is 9.94. The van der Waals surface area contributed by atoms with Crippen molar-refractivity contribution in [3.8, 4) is 0 Å². The minimum atomic E-state index is -0.311. The largest absolute Gasteiger partial charge is 0.463 e. The number of Topliss-reactive ketones (excluding diaryl/α,β-unsaturated/α-hetero) is 1. The van der Waals surface area contributed by atoms with Gasteiger partial charge < -0.3 is 9.53 Å². The first-order valence-corrected chi connectivity index (χ1v) is 6.89. The normalized spacial score (nSPS) is 13.9. The maximum Gasteiger partial charge on any atom is 0.330 e. The molecule has 19 heavy (non-hydrogen) atoms. The molecule has 0 aliphatic heterocycles. The van der Waals surface area contributed by atoms with Crippen LogP contribution in [0.3, 0.4) is 0 Å². The fraction of sp³-hybridized carbons (Fsp3) is 0.625. The average molecular weight is 266 g/mol. The molecule has 0 aromatic carbocycles. The Labute approximate surface area is 116 Å². The lowest BCUT2D eigenvalue weighted by molar-refractivity contribution is -0.137. The highest BCUT2D eigenvalue weighted by atomic mass is 16.5. The first kappa shape index (κ1) is 17.6. The molecule has 3 nitrogen and oxygen atoms in total. The Morgan fingerprint density at radius 3 is 2.32 bits per heavy atom. The van der Waals surface area contributed by atoms with Gasteiger partial charge in [0, 0.05) is 12.5 Å². The molecule has 0 heterocycles. The third-order valence-corrected chi connectivity index (χ3v) is 2.92. The third-order valence-electron chi connectivity index (χ3n) is 2.92. The lowest BCUT2D eigenvalue weighted by Crippen LogP contribution is -2.07. The monoisotopic (exact) mass is 266 g/mol. The van der Waals surface area contributed by atoms with Crippen LogP contribution in [0.25, 0.3) is 0 Å². The topological polar surface area (TPSA) is 43.4 Å². The van der Waals surface area contributed by atoms with E-state index in [9.17, 15) is 9.59 Å². The molecule has 0 aliphatic carbocycles. The Morgan fingerprint density at radius 2 is 1.84 bits per heavy atom. The summed E-state index contributed by atoms with van der Waals surface area (Å²) in [5, 5.41) is 0. The van der Waals surface area contributed by atoms with E-state index in [1.807, 2.05) is 13.0 Å². The van der Waals surface area contributed by atoms with Crippen molar-refractivity contribution < 1.29 is 14.3 Å². The minimum absolute atomic E-state index is 0.220. The van der Waals surface area contributed by atoms with E-state index in [-0.39, 0.29) is 11.8 Å². The Bertz CT molecular complexity index is 351. The molecule has 0 bridgehead atoms. The van der Waals surface area contributed by atoms with E-state index in [2.05, 4.69) is 19.9 Å². The number of hydrogen-bond acceptors (Lipinski definition) is 3. The van der Waals surface area contributed by atoms with Gasteiger partial charge in [-0.15, -0.1) is 0 Å². The Balaban J connectivity index is 4.52. The van der Waals surface area contributed by atoms with Gasteiger partial charge >= 0.3 is 5.97 Å². The van der Waals surface area contributed by atoms with Gasteiger partial charge in [-0.1, -0.05) is 26.0 Å². The molecule has 0 radical (unpaired) electrons. The highest BCUT2D eigenvalue weighted by Crippen LogP contribution is 2.19. The number of carbonyl (C=O) groups excluding carboxylic acids is 2. The van der Waals surface area contributed by atoms with Crippen LogP contribution in [-0.4, -0.2) is 18.4 Å². The molecule has 1 unspecified atom stereocenters. The zero-order valence-electron chi connectivity index (χ0n) is 12.7. The summed E-state index contributed by atoms with van der Waals surface area (Å²) in [5.41, 5.74) is 0.868. The van der Waals surface area contributed by atoms with Gasteiger partial charge in [0.05, 0.1) is 6.61 Å². The van der Waals surface area contributed by atoms with Crippen molar-refractivity contribution in [1.82, 2.24) is 0 Å². The first-order chi connectivity index (χ1) is 8.86. The van der Waals surface area contributed by atoms with E-state index >= 15 is 0 Å². The van der Waals surface area contributed by atoms with Crippen LogP contribution in [0, 0.1) is 11.8 Å². The molecule has 0 spiro atoms. The smallest absolute Gasteiger partial charge is 0.330 e. The lowest BCUT2D eigenvalue weighted by Gasteiger charge is -2.16. The molecule has 0 saturated heterocycles. The van der Waals surface area contributed by atoms with E-state index in [0.717, 1.165) is 12.0 Å². The number of esters is 1. The van der Waals surface area contributed by atoms with Crippen LogP contribution >= 0.6 is 0 Å². The first-order valence-electron chi connectivity index (χ1n) is 6.89. The van der Waals surface area contributed by atoms with Crippen molar-refractivity contribution >= 4 is 11.8 Å². The molecular formula is C16H26O3. The van der Waals surface area contributed by atoms with Crippen molar-refractivity contribution in [3.05, 3.63) is 23.8 Å². The van der Waals surface area contributed by atoms with Gasteiger partial charge in [-0.05, 0) is 44.6 Å². The van der Waals surface area contributed by atoms with Gasteiger partial charge in [0.15, 0.2) is 0 Å². The quantitative estimate of drug-likeness (QED) is 0.382.